The first-order valence-corrected chi connectivity index (χ1v) is 9.36. The van der Waals surface area contributed by atoms with Crippen LogP contribution in [-0.2, 0) is 16.1 Å². The summed E-state index contributed by atoms with van der Waals surface area (Å²) in [4.78, 5) is 29.7. The first kappa shape index (κ1) is 20.1. The van der Waals surface area contributed by atoms with Gasteiger partial charge in [0.05, 0.1) is 30.1 Å². The van der Waals surface area contributed by atoms with Crippen LogP contribution < -0.4 is 10.9 Å². The number of carbonyl (C=O) groups is 1. The number of unbranched alkanes of at least 4 members (excludes halogenated alkanes) is 3. The molecule has 1 aromatic carbocycles. The van der Waals surface area contributed by atoms with Crippen molar-refractivity contribution in [3.63, 3.8) is 0 Å². The van der Waals surface area contributed by atoms with Crippen molar-refractivity contribution in [2.75, 3.05) is 13.7 Å². The maximum Gasteiger partial charge on any atom is 0.261 e. The number of fused-ring (bicyclic) bond motifs is 1. The zero-order valence-corrected chi connectivity index (χ0v) is 16.0. The molecule has 0 aliphatic rings. The minimum absolute atomic E-state index is 0.00528. The number of ether oxygens (including phenoxy) is 1. The van der Waals surface area contributed by atoms with Crippen molar-refractivity contribution in [3.8, 4) is 0 Å². The van der Waals surface area contributed by atoms with Crippen LogP contribution in [0.15, 0.2) is 29.1 Å². The predicted molar refractivity (Wildman–Crippen MR) is 103 cm³/mol. The van der Waals surface area contributed by atoms with E-state index in [1.807, 2.05) is 25.1 Å². The van der Waals surface area contributed by atoms with E-state index in [9.17, 15) is 9.59 Å². The zero-order valence-electron chi connectivity index (χ0n) is 16.0. The minimum atomic E-state index is -0.345. The summed E-state index contributed by atoms with van der Waals surface area (Å²) in [5, 5.41) is 3.55. The fraction of sp³-hybridized carbons (Fsp3) is 0.550. The molecule has 0 saturated heterocycles. The number of nitrogens with one attached hydrogen (secondary N) is 1. The molecule has 0 aliphatic carbocycles. The van der Waals surface area contributed by atoms with E-state index in [2.05, 4.69) is 17.2 Å². The molecule has 1 N–H and O–H groups in total. The van der Waals surface area contributed by atoms with E-state index in [0.29, 0.717) is 36.3 Å². The van der Waals surface area contributed by atoms with Crippen LogP contribution in [0, 0.1) is 0 Å². The van der Waals surface area contributed by atoms with Gasteiger partial charge < -0.3 is 10.1 Å². The van der Waals surface area contributed by atoms with Gasteiger partial charge in [-0.1, -0.05) is 38.3 Å². The highest BCUT2D eigenvalue weighted by Crippen LogP contribution is 2.14. The molecule has 0 radical (unpaired) electrons. The highest BCUT2D eigenvalue weighted by atomic mass is 16.5. The number of aromatic nitrogens is 2. The van der Waals surface area contributed by atoms with Gasteiger partial charge in [0.15, 0.2) is 0 Å². The van der Waals surface area contributed by atoms with Crippen LogP contribution in [-0.4, -0.2) is 29.2 Å². The maximum absolute atomic E-state index is 12.8. The number of methoxy groups -OCH3 is 1. The Kier molecular flexibility index (Phi) is 7.78. The van der Waals surface area contributed by atoms with Crippen molar-refractivity contribution >= 4 is 16.8 Å². The molecule has 0 saturated carbocycles. The topological polar surface area (TPSA) is 73.2 Å². The van der Waals surface area contributed by atoms with Crippen molar-refractivity contribution in [2.45, 2.75) is 58.5 Å². The minimum Gasteiger partial charge on any atom is -0.383 e. The van der Waals surface area contributed by atoms with Gasteiger partial charge in [-0.2, -0.15) is 0 Å². The molecule has 1 atom stereocenters. The van der Waals surface area contributed by atoms with Gasteiger partial charge >= 0.3 is 0 Å². The lowest BCUT2D eigenvalue weighted by atomic mass is 10.1. The summed E-state index contributed by atoms with van der Waals surface area (Å²) < 4.78 is 6.73. The normalized spacial score (nSPS) is 12.3. The SMILES string of the molecule is CCCCCCC(=O)N[C@@H](C)c1nc2ccccc2c(=O)n1CCOC. The number of hydrogen-bond acceptors (Lipinski definition) is 4. The molecule has 0 aliphatic heterocycles. The third-order valence-electron chi connectivity index (χ3n) is 4.43. The Labute approximate surface area is 154 Å². The number of carbonyl (C=O) groups excluding carboxylic acids is 1. The molecule has 0 unspecified atom stereocenters. The first-order valence-electron chi connectivity index (χ1n) is 9.36. The molecule has 1 amide bonds. The summed E-state index contributed by atoms with van der Waals surface area (Å²) in [6.45, 7) is 4.82. The van der Waals surface area contributed by atoms with Gasteiger partial charge in [0.2, 0.25) is 5.91 Å². The summed E-state index contributed by atoms with van der Waals surface area (Å²) in [5.74, 6) is 0.557. The Morgan fingerprint density at radius 1 is 1.27 bits per heavy atom. The van der Waals surface area contributed by atoms with Gasteiger partial charge in [-0.15, -0.1) is 0 Å². The number of hydrogen-bond donors (Lipinski definition) is 1. The van der Waals surface area contributed by atoms with Gasteiger partial charge in [-0.25, -0.2) is 4.98 Å². The van der Waals surface area contributed by atoms with Crippen molar-refractivity contribution < 1.29 is 9.53 Å². The number of benzene rings is 1. The van der Waals surface area contributed by atoms with Crippen LogP contribution in [0.2, 0.25) is 0 Å². The van der Waals surface area contributed by atoms with Crippen molar-refractivity contribution in [1.82, 2.24) is 14.9 Å². The summed E-state index contributed by atoms with van der Waals surface area (Å²) in [5.41, 5.74) is 0.539. The van der Waals surface area contributed by atoms with Crippen LogP contribution in [0.25, 0.3) is 10.9 Å². The lowest BCUT2D eigenvalue weighted by Gasteiger charge is -2.19. The zero-order chi connectivity index (χ0) is 18.9. The van der Waals surface area contributed by atoms with Gasteiger partial charge in [-0.3, -0.25) is 14.2 Å². The highest BCUT2D eigenvalue weighted by molar-refractivity contribution is 5.78. The average molecular weight is 359 g/mol. The molecule has 1 heterocycles. The van der Waals surface area contributed by atoms with E-state index in [0.717, 1.165) is 25.7 Å². The van der Waals surface area contributed by atoms with Gasteiger partial charge in [0.1, 0.15) is 5.82 Å². The number of para-hydroxylation sites is 1. The molecule has 26 heavy (non-hydrogen) atoms. The monoisotopic (exact) mass is 359 g/mol. The fourth-order valence-electron chi connectivity index (χ4n) is 3.00. The van der Waals surface area contributed by atoms with E-state index < -0.39 is 0 Å². The molecular formula is C20H29N3O3. The van der Waals surface area contributed by atoms with E-state index >= 15 is 0 Å². The maximum atomic E-state index is 12.8. The van der Waals surface area contributed by atoms with Crippen LogP contribution >= 0.6 is 0 Å². The second-order valence-electron chi connectivity index (χ2n) is 6.54. The number of amides is 1. The molecule has 0 fully saturated rings. The molecular weight excluding hydrogens is 330 g/mol. The van der Waals surface area contributed by atoms with Crippen molar-refractivity contribution in [1.29, 1.82) is 0 Å². The Hall–Kier alpha value is -2.21. The van der Waals surface area contributed by atoms with E-state index in [4.69, 9.17) is 4.74 Å². The summed E-state index contributed by atoms with van der Waals surface area (Å²) in [6.07, 6.45) is 4.73. The largest absolute Gasteiger partial charge is 0.383 e. The summed E-state index contributed by atoms with van der Waals surface area (Å²) >= 11 is 0. The second-order valence-corrected chi connectivity index (χ2v) is 6.54. The molecule has 0 spiro atoms. The standard InChI is InChI=1S/C20H29N3O3/c1-4-5-6-7-12-18(24)21-15(2)19-22-17-11-9-8-10-16(17)20(25)23(19)13-14-26-3/h8-11,15H,4-7,12-14H2,1-3H3,(H,21,24)/t15-/m0/s1. The molecule has 2 aromatic rings. The summed E-state index contributed by atoms with van der Waals surface area (Å²) in [7, 11) is 1.60. The Bertz CT molecular complexity index is 785. The van der Waals surface area contributed by atoms with Crippen LogP contribution in [0.1, 0.15) is 57.8 Å². The molecule has 6 heteroatoms. The quantitative estimate of drug-likeness (QED) is 0.661. The molecule has 1 aromatic heterocycles. The van der Waals surface area contributed by atoms with Gasteiger partial charge in [0, 0.05) is 13.5 Å². The Balaban J connectivity index is 2.22. The van der Waals surface area contributed by atoms with E-state index in [1.54, 1.807) is 17.7 Å². The number of nitrogens with zero attached hydrogens (tertiary/aromatic N) is 2. The third-order valence-corrected chi connectivity index (χ3v) is 4.43. The number of rotatable bonds is 10. The predicted octanol–water partition coefficient (Wildman–Crippen LogP) is 3.19. The van der Waals surface area contributed by atoms with Crippen LogP contribution in [0.4, 0.5) is 0 Å². The van der Waals surface area contributed by atoms with E-state index in [-0.39, 0.29) is 17.5 Å². The molecule has 0 bridgehead atoms. The lowest BCUT2D eigenvalue weighted by Crippen LogP contribution is -2.34. The van der Waals surface area contributed by atoms with Gasteiger partial charge in [-0.05, 0) is 25.5 Å². The van der Waals surface area contributed by atoms with Gasteiger partial charge in [0.25, 0.3) is 5.56 Å². The molecule has 6 nitrogen and oxygen atoms in total. The smallest absolute Gasteiger partial charge is 0.261 e. The Morgan fingerprint density at radius 3 is 2.77 bits per heavy atom. The first-order chi connectivity index (χ1) is 12.6. The Morgan fingerprint density at radius 2 is 2.04 bits per heavy atom. The lowest BCUT2D eigenvalue weighted by molar-refractivity contribution is -0.121. The van der Waals surface area contributed by atoms with Crippen LogP contribution in [0.5, 0.6) is 0 Å². The summed E-state index contributed by atoms with van der Waals surface area (Å²) in [6, 6.07) is 6.93. The molecule has 2 rings (SSSR count). The van der Waals surface area contributed by atoms with Crippen molar-refractivity contribution in [2.24, 2.45) is 0 Å². The second kappa shape index (κ2) is 10.1. The van der Waals surface area contributed by atoms with Crippen molar-refractivity contribution in [3.05, 3.63) is 40.4 Å². The average Bonchev–Trinajstić information content (AvgIpc) is 2.64. The van der Waals surface area contributed by atoms with E-state index in [1.165, 1.54) is 0 Å². The highest BCUT2D eigenvalue weighted by Gasteiger charge is 2.18. The third kappa shape index (κ3) is 5.14. The fourth-order valence-corrected chi connectivity index (χ4v) is 3.00. The molecule has 142 valence electrons. The van der Waals surface area contributed by atoms with Crippen LogP contribution in [0.3, 0.4) is 0 Å².